The number of para-hydroxylation sites is 1. The lowest BCUT2D eigenvalue weighted by Gasteiger charge is -2.10. The fourth-order valence-electron chi connectivity index (χ4n) is 1.77. The fourth-order valence-corrected chi connectivity index (χ4v) is 1.77. The summed E-state index contributed by atoms with van der Waals surface area (Å²) in [5, 5.41) is 3.18. The van der Waals surface area contributed by atoms with Crippen LogP contribution in [0.4, 0.5) is 11.6 Å². The fraction of sp³-hybridized carbons (Fsp3) is 0.333. The molecule has 1 aromatic carbocycles. The molecule has 2 rings (SSSR count). The summed E-state index contributed by atoms with van der Waals surface area (Å²) in [5.74, 6) is 1.15. The van der Waals surface area contributed by atoms with E-state index in [0.717, 1.165) is 23.4 Å². The number of hydrogen-bond acceptors (Lipinski definition) is 5. The molecule has 0 bridgehead atoms. The van der Waals surface area contributed by atoms with E-state index < -0.39 is 0 Å². The van der Waals surface area contributed by atoms with Gasteiger partial charge in [-0.1, -0.05) is 25.1 Å². The SMILES string of the molecule is CCCOc1cc(C)nc(NCc2ccccc2N)n1. The van der Waals surface area contributed by atoms with Gasteiger partial charge in [0.1, 0.15) is 0 Å². The predicted octanol–water partition coefficient (Wildman–Crippen LogP) is 2.77. The number of nitrogen functional groups attached to an aromatic ring is 1. The molecule has 5 heteroatoms. The maximum atomic E-state index is 5.90. The van der Waals surface area contributed by atoms with E-state index in [4.69, 9.17) is 10.5 Å². The molecule has 20 heavy (non-hydrogen) atoms. The van der Waals surface area contributed by atoms with Gasteiger partial charge in [-0.3, -0.25) is 0 Å². The molecule has 1 aromatic heterocycles. The minimum Gasteiger partial charge on any atom is -0.478 e. The lowest BCUT2D eigenvalue weighted by atomic mass is 10.2. The summed E-state index contributed by atoms with van der Waals surface area (Å²) in [6.45, 7) is 5.22. The summed E-state index contributed by atoms with van der Waals surface area (Å²) in [7, 11) is 0. The van der Waals surface area contributed by atoms with Crippen LogP contribution in [0.15, 0.2) is 30.3 Å². The van der Waals surface area contributed by atoms with Gasteiger partial charge in [-0.05, 0) is 25.0 Å². The van der Waals surface area contributed by atoms with Gasteiger partial charge in [-0.25, -0.2) is 4.98 Å². The number of hydrogen-bond donors (Lipinski definition) is 2. The van der Waals surface area contributed by atoms with Gasteiger partial charge in [-0.2, -0.15) is 4.98 Å². The third kappa shape index (κ3) is 3.85. The standard InChI is InChI=1S/C15H20N4O/c1-3-8-20-14-9-11(2)18-15(19-14)17-10-12-6-4-5-7-13(12)16/h4-7,9H,3,8,10,16H2,1-2H3,(H,17,18,19). The van der Waals surface area contributed by atoms with Crippen molar-refractivity contribution in [2.24, 2.45) is 0 Å². The number of ether oxygens (including phenoxy) is 1. The zero-order valence-corrected chi connectivity index (χ0v) is 11.9. The second-order valence-corrected chi connectivity index (χ2v) is 4.57. The second kappa shape index (κ2) is 6.75. The van der Waals surface area contributed by atoms with E-state index in [1.165, 1.54) is 0 Å². The van der Waals surface area contributed by atoms with Crippen molar-refractivity contribution in [3.05, 3.63) is 41.6 Å². The van der Waals surface area contributed by atoms with Gasteiger partial charge >= 0.3 is 0 Å². The van der Waals surface area contributed by atoms with Crippen LogP contribution in [0.1, 0.15) is 24.6 Å². The van der Waals surface area contributed by atoms with Crippen LogP contribution in [0.2, 0.25) is 0 Å². The zero-order valence-electron chi connectivity index (χ0n) is 11.9. The molecule has 0 spiro atoms. The molecule has 0 fully saturated rings. The number of nitrogens with zero attached hydrogens (tertiary/aromatic N) is 2. The first-order chi connectivity index (χ1) is 9.69. The van der Waals surface area contributed by atoms with E-state index in [9.17, 15) is 0 Å². The van der Waals surface area contributed by atoms with Gasteiger partial charge in [0.2, 0.25) is 11.8 Å². The Morgan fingerprint density at radius 3 is 2.80 bits per heavy atom. The van der Waals surface area contributed by atoms with E-state index in [1.807, 2.05) is 37.3 Å². The zero-order chi connectivity index (χ0) is 14.4. The summed E-state index contributed by atoms with van der Waals surface area (Å²) in [6, 6.07) is 9.56. The molecule has 0 saturated carbocycles. The van der Waals surface area contributed by atoms with E-state index in [0.29, 0.717) is 25.0 Å². The maximum Gasteiger partial charge on any atom is 0.226 e. The summed E-state index contributed by atoms with van der Waals surface area (Å²) < 4.78 is 5.54. The number of nitrogens with two attached hydrogens (primary N) is 1. The molecule has 0 radical (unpaired) electrons. The average molecular weight is 272 g/mol. The van der Waals surface area contributed by atoms with E-state index in [1.54, 1.807) is 0 Å². The van der Waals surface area contributed by atoms with Crippen molar-refractivity contribution in [1.82, 2.24) is 9.97 Å². The van der Waals surface area contributed by atoms with Crippen molar-refractivity contribution in [2.45, 2.75) is 26.8 Å². The molecule has 0 amide bonds. The summed E-state index contributed by atoms with van der Waals surface area (Å²) in [6.07, 6.45) is 0.951. The van der Waals surface area contributed by atoms with Crippen LogP contribution in [-0.2, 0) is 6.54 Å². The molecule has 0 atom stereocenters. The molecular formula is C15H20N4O. The minimum atomic E-state index is 0.555. The molecule has 3 N–H and O–H groups in total. The molecule has 1 heterocycles. The van der Waals surface area contributed by atoms with Crippen LogP contribution in [0.25, 0.3) is 0 Å². The number of benzene rings is 1. The first-order valence-electron chi connectivity index (χ1n) is 6.74. The van der Waals surface area contributed by atoms with Gasteiger partial charge < -0.3 is 15.8 Å². The minimum absolute atomic E-state index is 0.555. The first-order valence-corrected chi connectivity index (χ1v) is 6.74. The molecule has 0 aliphatic carbocycles. The summed E-state index contributed by atoms with van der Waals surface area (Å²) in [4.78, 5) is 8.67. The lowest BCUT2D eigenvalue weighted by molar-refractivity contribution is 0.305. The van der Waals surface area contributed by atoms with Gasteiger partial charge in [0.15, 0.2) is 0 Å². The molecule has 5 nitrogen and oxygen atoms in total. The van der Waals surface area contributed by atoms with Crippen LogP contribution in [-0.4, -0.2) is 16.6 Å². The Bertz CT molecular complexity index is 572. The van der Waals surface area contributed by atoms with Crippen molar-refractivity contribution < 1.29 is 4.74 Å². The first kappa shape index (κ1) is 14.1. The Morgan fingerprint density at radius 1 is 1.25 bits per heavy atom. The molecular weight excluding hydrogens is 252 g/mol. The Hall–Kier alpha value is -2.30. The highest BCUT2D eigenvalue weighted by Crippen LogP contribution is 2.15. The number of aryl methyl sites for hydroxylation is 1. The third-order valence-corrected chi connectivity index (χ3v) is 2.78. The second-order valence-electron chi connectivity index (χ2n) is 4.57. The van der Waals surface area contributed by atoms with Gasteiger partial charge in [0.05, 0.1) is 6.61 Å². The number of anilines is 2. The van der Waals surface area contributed by atoms with Crippen molar-refractivity contribution in [1.29, 1.82) is 0 Å². The normalized spacial score (nSPS) is 10.3. The van der Waals surface area contributed by atoms with Crippen LogP contribution in [0.5, 0.6) is 5.88 Å². The maximum absolute atomic E-state index is 5.90. The number of rotatable bonds is 6. The summed E-state index contributed by atoms with van der Waals surface area (Å²) >= 11 is 0. The molecule has 0 saturated heterocycles. The van der Waals surface area contributed by atoms with E-state index in [2.05, 4.69) is 22.2 Å². The Morgan fingerprint density at radius 2 is 2.05 bits per heavy atom. The van der Waals surface area contributed by atoms with E-state index in [-0.39, 0.29) is 0 Å². The van der Waals surface area contributed by atoms with Crippen LogP contribution in [0.3, 0.4) is 0 Å². The topological polar surface area (TPSA) is 73.1 Å². The number of aromatic nitrogens is 2. The van der Waals surface area contributed by atoms with Crippen molar-refractivity contribution in [2.75, 3.05) is 17.7 Å². The molecule has 0 unspecified atom stereocenters. The average Bonchev–Trinajstić information content (AvgIpc) is 2.44. The Balaban J connectivity index is 2.05. The van der Waals surface area contributed by atoms with Gasteiger partial charge in [0.25, 0.3) is 0 Å². The third-order valence-electron chi connectivity index (χ3n) is 2.78. The van der Waals surface area contributed by atoms with E-state index >= 15 is 0 Å². The highest BCUT2D eigenvalue weighted by atomic mass is 16.5. The van der Waals surface area contributed by atoms with Crippen molar-refractivity contribution in [3.63, 3.8) is 0 Å². The highest BCUT2D eigenvalue weighted by molar-refractivity contribution is 5.48. The monoisotopic (exact) mass is 272 g/mol. The van der Waals surface area contributed by atoms with Crippen molar-refractivity contribution in [3.8, 4) is 5.88 Å². The lowest BCUT2D eigenvalue weighted by Crippen LogP contribution is -2.08. The summed E-state index contributed by atoms with van der Waals surface area (Å²) in [5.41, 5.74) is 8.56. The molecule has 106 valence electrons. The highest BCUT2D eigenvalue weighted by Gasteiger charge is 2.04. The quantitative estimate of drug-likeness (QED) is 0.791. The predicted molar refractivity (Wildman–Crippen MR) is 80.7 cm³/mol. The van der Waals surface area contributed by atoms with Gasteiger partial charge in [0, 0.05) is 24.0 Å². The number of nitrogens with one attached hydrogen (secondary N) is 1. The molecule has 2 aromatic rings. The largest absolute Gasteiger partial charge is 0.478 e. The van der Waals surface area contributed by atoms with Crippen molar-refractivity contribution >= 4 is 11.6 Å². The smallest absolute Gasteiger partial charge is 0.226 e. The Labute approximate surface area is 119 Å². The van der Waals surface area contributed by atoms with Gasteiger partial charge in [-0.15, -0.1) is 0 Å². The Kier molecular flexibility index (Phi) is 4.76. The van der Waals surface area contributed by atoms with Crippen LogP contribution in [0, 0.1) is 6.92 Å². The molecule has 0 aliphatic rings. The van der Waals surface area contributed by atoms with Crippen LogP contribution >= 0.6 is 0 Å². The molecule has 0 aliphatic heterocycles. The van der Waals surface area contributed by atoms with Crippen LogP contribution < -0.4 is 15.8 Å².